The summed E-state index contributed by atoms with van der Waals surface area (Å²) in [5.74, 6) is 0. The molecule has 0 spiro atoms. The number of aromatic nitrogens is 3. The first kappa shape index (κ1) is 15.0. The van der Waals surface area contributed by atoms with Gasteiger partial charge in [0.25, 0.3) is 0 Å². The van der Waals surface area contributed by atoms with Crippen LogP contribution in [0.15, 0.2) is 12.1 Å². The van der Waals surface area contributed by atoms with Crippen molar-refractivity contribution in [2.24, 2.45) is 5.73 Å². The maximum absolute atomic E-state index is 6.34. The zero-order valence-corrected chi connectivity index (χ0v) is 13.2. The lowest BCUT2D eigenvalue weighted by molar-refractivity contribution is 0.585. The van der Waals surface area contributed by atoms with E-state index in [9.17, 15) is 0 Å². The zero-order valence-electron chi connectivity index (χ0n) is 12.4. The van der Waals surface area contributed by atoms with Crippen molar-refractivity contribution in [1.29, 1.82) is 0 Å². The fraction of sp³-hybridized carbons (Fsp3) is 0.467. The van der Waals surface area contributed by atoms with Gasteiger partial charge in [-0.1, -0.05) is 17.7 Å². The number of pyridine rings is 1. The summed E-state index contributed by atoms with van der Waals surface area (Å²) < 4.78 is 1.93. The summed E-state index contributed by atoms with van der Waals surface area (Å²) in [7, 11) is 0. The molecule has 0 aromatic carbocycles. The van der Waals surface area contributed by atoms with Crippen molar-refractivity contribution in [2.75, 3.05) is 0 Å². The lowest BCUT2D eigenvalue weighted by Crippen LogP contribution is -2.18. The zero-order chi connectivity index (χ0) is 14.9. The molecule has 1 atom stereocenters. The van der Waals surface area contributed by atoms with Gasteiger partial charge in [0.05, 0.1) is 16.4 Å². The minimum atomic E-state index is -0.123. The SMILES string of the molecule is CCn1nc(C)c(Cl)c1CC(N)c1ccc(C)nc1C. The van der Waals surface area contributed by atoms with E-state index >= 15 is 0 Å². The summed E-state index contributed by atoms with van der Waals surface area (Å²) in [6.45, 7) is 8.74. The van der Waals surface area contributed by atoms with Crippen molar-refractivity contribution >= 4 is 11.6 Å². The molecule has 20 heavy (non-hydrogen) atoms. The number of aryl methyl sites for hydroxylation is 4. The highest BCUT2D eigenvalue weighted by atomic mass is 35.5. The Labute approximate surface area is 125 Å². The maximum Gasteiger partial charge on any atom is 0.0847 e. The van der Waals surface area contributed by atoms with Gasteiger partial charge in [0.1, 0.15) is 0 Å². The molecule has 0 saturated heterocycles. The Morgan fingerprint density at radius 3 is 2.55 bits per heavy atom. The largest absolute Gasteiger partial charge is 0.324 e. The van der Waals surface area contributed by atoms with E-state index in [4.69, 9.17) is 17.3 Å². The lowest BCUT2D eigenvalue weighted by Gasteiger charge is -2.15. The van der Waals surface area contributed by atoms with Gasteiger partial charge in [0, 0.05) is 30.4 Å². The van der Waals surface area contributed by atoms with Gasteiger partial charge in [-0.2, -0.15) is 5.10 Å². The van der Waals surface area contributed by atoms with Crippen molar-refractivity contribution < 1.29 is 0 Å². The van der Waals surface area contributed by atoms with E-state index in [1.807, 2.05) is 31.5 Å². The Morgan fingerprint density at radius 1 is 1.25 bits per heavy atom. The Morgan fingerprint density at radius 2 is 1.95 bits per heavy atom. The quantitative estimate of drug-likeness (QED) is 0.942. The van der Waals surface area contributed by atoms with Gasteiger partial charge in [0.2, 0.25) is 0 Å². The van der Waals surface area contributed by atoms with E-state index < -0.39 is 0 Å². The molecular weight excluding hydrogens is 272 g/mol. The van der Waals surface area contributed by atoms with Crippen LogP contribution < -0.4 is 5.73 Å². The number of rotatable bonds is 4. The molecule has 0 amide bonds. The van der Waals surface area contributed by atoms with Crippen LogP contribution in [-0.2, 0) is 13.0 Å². The smallest absolute Gasteiger partial charge is 0.0847 e. The summed E-state index contributed by atoms with van der Waals surface area (Å²) in [6, 6.07) is 3.92. The number of hydrogen-bond acceptors (Lipinski definition) is 3. The van der Waals surface area contributed by atoms with Crippen molar-refractivity contribution in [3.8, 4) is 0 Å². The molecule has 4 nitrogen and oxygen atoms in total. The third-order valence-corrected chi connectivity index (χ3v) is 4.02. The topological polar surface area (TPSA) is 56.7 Å². The van der Waals surface area contributed by atoms with Crippen LogP contribution in [0, 0.1) is 20.8 Å². The van der Waals surface area contributed by atoms with Crippen molar-refractivity contribution in [1.82, 2.24) is 14.8 Å². The molecule has 0 aliphatic carbocycles. The highest BCUT2D eigenvalue weighted by Crippen LogP contribution is 2.26. The predicted molar refractivity (Wildman–Crippen MR) is 82.0 cm³/mol. The monoisotopic (exact) mass is 292 g/mol. The minimum Gasteiger partial charge on any atom is -0.324 e. The normalized spacial score (nSPS) is 12.7. The molecule has 0 aliphatic heterocycles. The first-order valence-electron chi connectivity index (χ1n) is 6.85. The second kappa shape index (κ2) is 5.94. The van der Waals surface area contributed by atoms with Crippen LogP contribution in [-0.4, -0.2) is 14.8 Å². The molecule has 2 N–H and O–H groups in total. The minimum absolute atomic E-state index is 0.123. The number of nitrogens with zero attached hydrogens (tertiary/aromatic N) is 3. The van der Waals surface area contributed by atoms with Gasteiger partial charge in [-0.15, -0.1) is 0 Å². The first-order valence-corrected chi connectivity index (χ1v) is 7.23. The first-order chi connectivity index (χ1) is 9.43. The third kappa shape index (κ3) is 2.86. The molecule has 0 bridgehead atoms. The molecule has 2 aromatic rings. The summed E-state index contributed by atoms with van der Waals surface area (Å²) in [4.78, 5) is 4.47. The van der Waals surface area contributed by atoms with Crippen LogP contribution in [0.4, 0.5) is 0 Å². The highest BCUT2D eigenvalue weighted by molar-refractivity contribution is 6.31. The fourth-order valence-corrected chi connectivity index (χ4v) is 2.68. The molecule has 108 valence electrons. The summed E-state index contributed by atoms with van der Waals surface area (Å²) >= 11 is 6.33. The second-order valence-electron chi connectivity index (χ2n) is 5.10. The average molecular weight is 293 g/mol. The van der Waals surface area contributed by atoms with Gasteiger partial charge in [-0.25, -0.2) is 0 Å². The van der Waals surface area contributed by atoms with E-state index in [1.165, 1.54) is 0 Å². The molecule has 1 unspecified atom stereocenters. The number of nitrogens with two attached hydrogens (primary N) is 1. The fourth-order valence-electron chi connectivity index (χ4n) is 2.47. The third-order valence-electron chi connectivity index (χ3n) is 3.53. The Kier molecular flexibility index (Phi) is 4.45. The lowest BCUT2D eigenvalue weighted by atomic mass is 10.0. The Hall–Kier alpha value is -1.39. The van der Waals surface area contributed by atoms with Gasteiger partial charge in [-0.05, 0) is 39.3 Å². The van der Waals surface area contributed by atoms with E-state index in [1.54, 1.807) is 0 Å². The maximum atomic E-state index is 6.34. The summed E-state index contributed by atoms with van der Waals surface area (Å²) in [5, 5.41) is 5.15. The number of halogens is 1. The Balaban J connectivity index is 2.30. The van der Waals surface area contributed by atoms with Crippen LogP contribution in [0.25, 0.3) is 0 Å². The van der Waals surface area contributed by atoms with Crippen LogP contribution in [0.5, 0.6) is 0 Å². The van der Waals surface area contributed by atoms with E-state index in [-0.39, 0.29) is 6.04 Å². The van der Waals surface area contributed by atoms with Gasteiger partial charge < -0.3 is 5.73 Å². The van der Waals surface area contributed by atoms with Gasteiger partial charge >= 0.3 is 0 Å². The molecule has 2 heterocycles. The van der Waals surface area contributed by atoms with Crippen LogP contribution >= 0.6 is 11.6 Å². The van der Waals surface area contributed by atoms with Crippen LogP contribution in [0.1, 0.15) is 41.3 Å². The summed E-state index contributed by atoms with van der Waals surface area (Å²) in [6.07, 6.45) is 0.666. The van der Waals surface area contributed by atoms with Crippen molar-refractivity contribution in [3.05, 3.63) is 45.5 Å². The molecule has 0 fully saturated rings. The van der Waals surface area contributed by atoms with Gasteiger partial charge in [-0.3, -0.25) is 9.67 Å². The van der Waals surface area contributed by atoms with Crippen LogP contribution in [0.3, 0.4) is 0 Å². The molecule has 2 rings (SSSR count). The molecule has 2 aromatic heterocycles. The second-order valence-corrected chi connectivity index (χ2v) is 5.48. The number of hydrogen-bond donors (Lipinski definition) is 1. The molecule has 0 saturated carbocycles. The summed E-state index contributed by atoms with van der Waals surface area (Å²) in [5.41, 5.74) is 11.2. The van der Waals surface area contributed by atoms with Gasteiger partial charge in [0.15, 0.2) is 0 Å². The predicted octanol–water partition coefficient (Wildman–Crippen LogP) is 3.12. The Bertz CT molecular complexity index is 619. The van der Waals surface area contributed by atoms with Crippen LogP contribution in [0.2, 0.25) is 5.02 Å². The van der Waals surface area contributed by atoms with Crippen molar-refractivity contribution in [3.63, 3.8) is 0 Å². The van der Waals surface area contributed by atoms with E-state index in [2.05, 4.69) is 23.1 Å². The van der Waals surface area contributed by atoms with Crippen molar-refractivity contribution in [2.45, 2.75) is 46.7 Å². The van der Waals surface area contributed by atoms with E-state index in [0.717, 1.165) is 39.9 Å². The molecule has 0 radical (unpaired) electrons. The standard InChI is InChI=1S/C15H21ClN4/c1-5-20-14(15(16)11(4)19-20)8-13(17)12-7-6-9(2)18-10(12)3/h6-7,13H,5,8,17H2,1-4H3. The van der Waals surface area contributed by atoms with E-state index in [0.29, 0.717) is 6.42 Å². The highest BCUT2D eigenvalue weighted by Gasteiger charge is 2.18. The molecular formula is C15H21ClN4. The molecule has 0 aliphatic rings. The molecule has 5 heteroatoms. The average Bonchev–Trinajstić information content (AvgIpc) is 2.66.